The summed E-state index contributed by atoms with van der Waals surface area (Å²) in [6.45, 7) is 0. The normalized spacial score (nSPS) is 10.9. The molecule has 6 nitrogen and oxygen atoms in total. The Bertz CT molecular complexity index is 5550. The first-order valence-corrected chi connectivity index (χ1v) is 35.9. The molecule has 0 aliphatic heterocycles. The molecule has 0 saturated carbocycles. The molecule has 0 aliphatic rings. The van der Waals surface area contributed by atoms with Gasteiger partial charge in [0.15, 0.2) is 0 Å². The first kappa shape index (κ1) is 71.1. The van der Waals surface area contributed by atoms with Crippen molar-refractivity contribution in [2.45, 2.75) is 0 Å². The number of nitrogens with zero attached hydrogens (tertiary/aromatic N) is 6. The number of rotatable bonds is 17. The van der Waals surface area contributed by atoms with Crippen LogP contribution in [0.4, 0.5) is 0 Å². The summed E-state index contributed by atoms with van der Waals surface area (Å²) in [6.07, 6.45) is 11.1. The summed E-state index contributed by atoms with van der Waals surface area (Å²) in [7, 11) is 0. The zero-order valence-corrected chi connectivity index (χ0v) is 63.2. The fourth-order valence-electron chi connectivity index (χ4n) is 14.5. The SMILES string of the molecule is [Ir+3].[Rh+3].[c-]1cc(-c2ccccc2-c2cc(-c3ccccc3-c3c[c-]c(-c4ccccn4)cc3)cc(-c3ccccc3-c3c[c-]c(-c4[c-]cc(-c5ccccc5-c5cc(-c6ccccc6-c6c[c-]c(-c7ccccn7)cc6)cc(-c6ccccc6-c6c[c-]c(-c7ccccn7)cc6)c5)cn4)nc3)c2)ccc1-c1ccccn1. The van der Waals surface area contributed by atoms with Gasteiger partial charge in [0, 0.05) is 24.8 Å². The quantitative estimate of drug-likeness (QED) is 0.0668. The third-order valence-electron chi connectivity index (χ3n) is 19.8. The first-order valence-electron chi connectivity index (χ1n) is 35.9. The van der Waals surface area contributed by atoms with Crippen LogP contribution < -0.4 is 0 Å². The van der Waals surface area contributed by atoms with Crippen molar-refractivity contribution in [3.8, 4) is 190 Å². The number of hydrogen-bond donors (Lipinski definition) is 0. The second-order valence-electron chi connectivity index (χ2n) is 26.4. The van der Waals surface area contributed by atoms with E-state index in [0.717, 1.165) is 179 Å². The Labute approximate surface area is 667 Å². The molecular formula is C102H62IrN6Rh. The van der Waals surface area contributed by atoms with E-state index in [1.165, 1.54) is 0 Å². The molecule has 0 N–H and O–H groups in total. The third-order valence-corrected chi connectivity index (χ3v) is 19.8. The van der Waals surface area contributed by atoms with Crippen LogP contribution in [0.15, 0.2) is 377 Å². The Morgan fingerprint density at radius 1 is 0.173 bits per heavy atom. The van der Waals surface area contributed by atoms with Gasteiger partial charge in [0.05, 0.1) is 0 Å². The molecule has 0 fully saturated rings. The van der Waals surface area contributed by atoms with Crippen LogP contribution in [0.5, 0.6) is 0 Å². The minimum absolute atomic E-state index is 0. The predicted octanol–water partition coefficient (Wildman–Crippen LogP) is 25.2. The molecule has 18 aromatic rings. The second kappa shape index (κ2) is 32.5. The molecule has 12 aromatic carbocycles. The van der Waals surface area contributed by atoms with Crippen molar-refractivity contribution >= 4 is 0 Å². The zero-order chi connectivity index (χ0) is 72.0. The molecule has 8 heteroatoms. The molecule has 0 spiro atoms. The molecular weight excluding hydrogens is 1600 g/mol. The van der Waals surface area contributed by atoms with Crippen molar-refractivity contribution in [3.63, 3.8) is 0 Å². The minimum atomic E-state index is 0. The van der Waals surface area contributed by atoms with Crippen LogP contribution in [0, 0.1) is 36.4 Å². The minimum Gasteiger partial charge on any atom is -0.357 e. The molecule has 518 valence electrons. The van der Waals surface area contributed by atoms with Crippen LogP contribution >= 0.6 is 0 Å². The van der Waals surface area contributed by atoms with Crippen molar-refractivity contribution in [2.24, 2.45) is 0 Å². The monoisotopic (exact) mass is 1670 g/mol. The summed E-state index contributed by atoms with van der Waals surface area (Å²) in [4.78, 5) is 28.6. The summed E-state index contributed by atoms with van der Waals surface area (Å²) in [6, 6.07) is 140. The second-order valence-corrected chi connectivity index (χ2v) is 26.4. The van der Waals surface area contributed by atoms with Gasteiger partial charge in [0.1, 0.15) is 0 Å². The zero-order valence-electron chi connectivity index (χ0n) is 59.1. The van der Waals surface area contributed by atoms with Gasteiger partial charge in [0.25, 0.3) is 0 Å². The molecule has 6 aromatic heterocycles. The largest absolute Gasteiger partial charge is 3.00 e. The number of hydrogen-bond acceptors (Lipinski definition) is 6. The van der Waals surface area contributed by atoms with E-state index in [1.54, 1.807) is 0 Å². The standard InChI is InChI=1S/C102H62N6.Ir.Rh/c1-7-27-91(85(21-1)69-37-45-73(46-38-69)97-33-13-17-57-103-97)79-61-80(92-28-8-2-22-86(92)70-39-47-74(48-40-70)98-34-14-18-58-104-98)64-83(63-79)95-31-11-5-25-89(95)77-53-55-101(107-67-77)102-56-54-78(68-108-102)90-26-6-12-32-96(90)84-65-81(93-29-9-3-23-87(93)71-41-49-75(50-42-71)99-35-15-19-59-105-99)62-82(66-84)94-30-10-4-24-88(94)72-43-51-76(52-44-72)100-36-16-20-60-106-100;;/h1-45,47,49,51,53-54,57-68H;;/q-6;2*+3. The fraction of sp³-hybridized carbons (Fsp3) is 0. The number of pyridine rings is 6. The smallest absolute Gasteiger partial charge is 0.357 e. The summed E-state index contributed by atoms with van der Waals surface area (Å²) < 4.78 is 0. The van der Waals surface area contributed by atoms with Crippen LogP contribution in [0.3, 0.4) is 0 Å². The summed E-state index contributed by atoms with van der Waals surface area (Å²) >= 11 is 0. The molecule has 0 atom stereocenters. The Balaban J connectivity index is 0.00000460. The maximum Gasteiger partial charge on any atom is 3.00 e. The van der Waals surface area contributed by atoms with Crippen LogP contribution in [-0.4, -0.2) is 29.9 Å². The van der Waals surface area contributed by atoms with Crippen molar-refractivity contribution in [1.29, 1.82) is 0 Å². The van der Waals surface area contributed by atoms with E-state index < -0.39 is 0 Å². The van der Waals surface area contributed by atoms with E-state index in [4.69, 9.17) is 9.97 Å². The van der Waals surface area contributed by atoms with Gasteiger partial charge >= 0.3 is 39.6 Å². The van der Waals surface area contributed by atoms with Crippen molar-refractivity contribution in [3.05, 3.63) is 413 Å². The van der Waals surface area contributed by atoms with Crippen LogP contribution in [0.1, 0.15) is 0 Å². The van der Waals surface area contributed by atoms with Gasteiger partial charge in [-0.15, -0.1) is 131 Å². The van der Waals surface area contributed by atoms with E-state index >= 15 is 0 Å². The Hall–Kier alpha value is -13.2. The molecule has 0 bridgehead atoms. The first-order chi connectivity index (χ1) is 53.5. The van der Waals surface area contributed by atoms with Gasteiger partial charge in [-0.05, 0) is 163 Å². The molecule has 0 amide bonds. The summed E-state index contributed by atoms with van der Waals surface area (Å²) in [5.41, 5.74) is 33.8. The number of benzene rings is 12. The molecule has 0 radical (unpaired) electrons. The summed E-state index contributed by atoms with van der Waals surface area (Å²) in [5.74, 6) is 0. The molecule has 0 saturated heterocycles. The molecule has 110 heavy (non-hydrogen) atoms. The van der Waals surface area contributed by atoms with E-state index in [9.17, 15) is 0 Å². The average Bonchev–Trinajstić information content (AvgIpc) is 0.771. The predicted molar refractivity (Wildman–Crippen MR) is 439 cm³/mol. The van der Waals surface area contributed by atoms with Gasteiger partial charge in [-0.25, -0.2) is 12.1 Å². The Morgan fingerprint density at radius 2 is 0.364 bits per heavy atom. The maximum absolute atomic E-state index is 5.10. The Morgan fingerprint density at radius 3 is 0.536 bits per heavy atom. The fourth-order valence-corrected chi connectivity index (χ4v) is 14.5. The van der Waals surface area contributed by atoms with Gasteiger partial charge < -0.3 is 29.9 Å². The average molecular weight is 1670 g/mol. The number of aromatic nitrogens is 6. The molecule has 6 heterocycles. The van der Waals surface area contributed by atoms with E-state index in [-0.39, 0.29) is 39.6 Å². The van der Waals surface area contributed by atoms with Crippen LogP contribution in [-0.2, 0) is 39.6 Å². The van der Waals surface area contributed by atoms with Crippen molar-refractivity contribution in [1.82, 2.24) is 29.9 Å². The molecule has 18 rings (SSSR count). The van der Waals surface area contributed by atoms with E-state index in [1.807, 2.05) is 122 Å². The van der Waals surface area contributed by atoms with Crippen LogP contribution in [0.2, 0.25) is 0 Å². The third kappa shape index (κ3) is 14.9. The van der Waals surface area contributed by atoms with E-state index in [0.29, 0.717) is 11.4 Å². The van der Waals surface area contributed by atoms with Crippen molar-refractivity contribution in [2.75, 3.05) is 0 Å². The Kier molecular flexibility index (Phi) is 21.0. The van der Waals surface area contributed by atoms with Crippen LogP contribution in [0.25, 0.3) is 190 Å². The van der Waals surface area contributed by atoms with Crippen molar-refractivity contribution < 1.29 is 39.6 Å². The summed E-state index contributed by atoms with van der Waals surface area (Å²) in [5, 5.41) is 0. The topological polar surface area (TPSA) is 77.3 Å². The van der Waals surface area contributed by atoms with Gasteiger partial charge in [-0.3, -0.25) is 0 Å². The molecule has 0 unspecified atom stereocenters. The van der Waals surface area contributed by atoms with Gasteiger partial charge in [0.2, 0.25) is 0 Å². The maximum atomic E-state index is 5.10. The molecule has 0 aliphatic carbocycles. The van der Waals surface area contributed by atoms with E-state index in [2.05, 4.69) is 311 Å². The van der Waals surface area contributed by atoms with Gasteiger partial charge in [-0.2, -0.15) is 12.1 Å². The van der Waals surface area contributed by atoms with Gasteiger partial charge in [-0.1, -0.05) is 261 Å².